The molecule has 3 aromatic carbocycles. The molecular weight excluding hydrogens is 386 g/mol. The first-order valence-electron chi connectivity index (χ1n) is 10.6. The number of fused-ring (bicyclic) bond motifs is 2. The van der Waals surface area contributed by atoms with E-state index in [0.29, 0.717) is 6.54 Å². The topological polar surface area (TPSA) is 73.1 Å². The number of para-hydroxylation sites is 1. The first-order valence-corrected chi connectivity index (χ1v) is 10.6. The monoisotopic (exact) mass is 411 g/mol. The van der Waals surface area contributed by atoms with Crippen molar-refractivity contribution in [3.8, 4) is 0 Å². The van der Waals surface area contributed by atoms with Gasteiger partial charge in [0.1, 0.15) is 0 Å². The SMILES string of the molecule is O=C(NC[C@@H]1CCc2ccccc2N1Cc1ccccc1)Nc1cccc2[nH]ncc12. The lowest BCUT2D eigenvalue weighted by Gasteiger charge is -2.39. The standard InChI is InChI=1S/C25H25N5O/c31-25(28-22-10-6-11-23-21(22)16-27-29-23)26-15-20-14-13-19-9-4-5-12-24(19)30(20)17-18-7-2-1-3-8-18/h1-12,16,20H,13-15,17H2,(H,27,29)(H2,26,28,31)/t20-/m0/s1. The van der Waals surface area contributed by atoms with Crippen molar-refractivity contribution in [3.63, 3.8) is 0 Å². The molecule has 3 N–H and O–H groups in total. The molecule has 0 saturated heterocycles. The third-order valence-corrected chi connectivity index (χ3v) is 5.92. The summed E-state index contributed by atoms with van der Waals surface area (Å²) in [5, 5.41) is 13.9. The van der Waals surface area contributed by atoms with E-state index < -0.39 is 0 Å². The highest BCUT2D eigenvalue weighted by molar-refractivity contribution is 6.00. The lowest BCUT2D eigenvalue weighted by molar-refractivity contribution is 0.251. The molecule has 2 amide bonds. The number of anilines is 2. The maximum atomic E-state index is 12.7. The van der Waals surface area contributed by atoms with E-state index in [4.69, 9.17) is 0 Å². The molecule has 1 atom stereocenters. The van der Waals surface area contributed by atoms with Crippen LogP contribution in [0, 0.1) is 0 Å². The summed E-state index contributed by atoms with van der Waals surface area (Å²) in [6, 6.07) is 24.8. The van der Waals surface area contributed by atoms with Crippen LogP contribution in [0.5, 0.6) is 0 Å². The van der Waals surface area contributed by atoms with Gasteiger partial charge in [-0.25, -0.2) is 4.79 Å². The molecule has 0 bridgehead atoms. The summed E-state index contributed by atoms with van der Waals surface area (Å²) >= 11 is 0. The van der Waals surface area contributed by atoms with Gasteiger partial charge in [-0.1, -0.05) is 54.6 Å². The molecule has 0 fully saturated rings. The smallest absolute Gasteiger partial charge is 0.319 e. The summed E-state index contributed by atoms with van der Waals surface area (Å²) in [5.41, 5.74) is 5.54. The van der Waals surface area contributed by atoms with Crippen LogP contribution < -0.4 is 15.5 Å². The van der Waals surface area contributed by atoms with Crippen LogP contribution in [-0.2, 0) is 13.0 Å². The number of nitrogens with one attached hydrogen (secondary N) is 3. The third-order valence-electron chi connectivity index (χ3n) is 5.92. The lowest BCUT2D eigenvalue weighted by Crippen LogP contribution is -2.47. The second kappa shape index (κ2) is 8.52. The Balaban J connectivity index is 1.30. The number of carbonyl (C=O) groups excluding carboxylic acids is 1. The number of hydrogen-bond acceptors (Lipinski definition) is 3. The van der Waals surface area contributed by atoms with Crippen LogP contribution in [0.4, 0.5) is 16.2 Å². The van der Waals surface area contributed by atoms with Gasteiger partial charge in [-0.3, -0.25) is 5.10 Å². The zero-order valence-corrected chi connectivity index (χ0v) is 17.2. The minimum absolute atomic E-state index is 0.202. The van der Waals surface area contributed by atoms with E-state index in [1.165, 1.54) is 16.8 Å². The predicted molar refractivity (Wildman–Crippen MR) is 124 cm³/mol. The first kappa shape index (κ1) is 19.2. The molecule has 31 heavy (non-hydrogen) atoms. The summed E-state index contributed by atoms with van der Waals surface area (Å²) in [6.45, 7) is 1.40. The normalized spacial score (nSPS) is 15.5. The average Bonchev–Trinajstić information content (AvgIpc) is 3.29. The zero-order valence-electron chi connectivity index (χ0n) is 17.2. The van der Waals surface area contributed by atoms with Crippen molar-refractivity contribution in [1.82, 2.24) is 15.5 Å². The van der Waals surface area contributed by atoms with Crippen molar-refractivity contribution in [2.45, 2.75) is 25.4 Å². The zero-order chi connectivity index (χ0) is 21.0. The fraction of sp³-hybridized carbons (Fsp3) is 0.200. The Kier molecular flexibility index (Phi) is 5.27. The molecule has 1 aliphatic heterocycles. The molecule has 0 radical (unpaired) electrons. The molecule has 0 spiro atoms. The summed E-state index contributed by atoms with van der Waals surface area (Å²) in [4.78, 5) is 15.1. The van der Waals surface area contributed by atoms with Crippen LogP contribution in [0.2, 0.25) is 0 Å². The Hall–Kier alpha value is -3.80. The lowest BCUT2D eigenvalue weighted by atomic mass is 9.95. The van der Waals surface area contributed by atoms with Gasteiger partial charge >= 0.3 is 6.03 Å². The van der Waals surface area contributed by atoms with Crippen LogP contribution in [-0.4, -0.2) is 28.8 Å². The van der Waals surface area contributed by atoms with Gasteiger partial charge < -0.3 is 15.5 Å². The molecule has 0 saturated carbocycles. The van der Waals surface area contributed by atoms with Gasteiger partial charge in [-0.15, -0.1) is 0 Å². The number of benzene rings is 3. The number of aromatic amines is 1. The van der Waals surface area contributed by atoms with Gasteiger partial charge in [0, 0.05) is 30.2 Å². The van der Waals surface area contributed by atoms with Crippen molar-refractivity contribution in [2.24, 2.45) is 0 Å². The van der Waals surface area contributed by atoms with Crippen molar-refractivity contribution in [1.29, 1.82) is 0 Å². The Morgan fingerprint density at radius 1 is 1.03 bits per heavy atom. The van der Waals surface area contributed by atoms with Crippen LogP contribution in [0.1, 0.15) is 17.5 Å². The number of nitrogens with zero attached hydrogens (tertiary/aromatic N) is 2. The number of carbonyl (C=O) groups is 1. The van der Waals surface area contributed by atoms with Gasteiger partial charge in [-0.2, -0.15) is 5.10 Å². The highest BCUT2D eigenvalue weighted by Gasteiger charge is 2.26. The van der Waals surface area contributed by atoms with Gasteiger partial charge in [0.05, 0.1) is 17.4 Å². The summed E-state index contributed by atoms with van der Waals surface area (Å²) in [5.74, 6) is 0. The number of aromatic nitrogens is 2. The number of urea groups is 1. The van der Waals surface area contributed by atoms with Crippen LogP contribution in [0.15, 0.2) is 79.0 Å². The van der Waals surface area contributed by atoms with Crippen LogP contribution in [0.25, 0.3) is 10.9 Å². The number of aryl methyl sites for hydroxylation is 1. The minimum atomic E-state index is -0.202. The molecule has 1 aromatic heterocycles. The summed E-state index contributed by atoms with van der Waals surface area (Å²) in [6.07, 6.45) is 3.75. The molecule has 5 rings (SSSR count). The van der Waals surface area contributed by atoms with Gasteiger partial charge in [0.25, 0.3) is 0 Å². The summed E-state index contributed by atoms with van der Waals surface area (Å²) in [7, 11) is 0. The highest BCUT2D eigenvalue weighted by Crippen LogP contribution is 2.31. The number of rotatable bonds is 5. The van der Waals surface area contributed by atoms with Crippen molar-refractivity contribution < 1.29 is 4.79 Å². The van der Waals surface area contributed by atoms with Crippen molar-refractivity contribution >= 4 is 28.3 Å². The Morgan fingerprint density at radius 2 is 1.87 bits per heavy atom. The fourth-order valence-corrected chi connectivity index (χ4v) is 4.34. The molecule has 156 valence electrons. The molecular formula is C25H25N5O. The molecule has 0 aliphatic carbocycles. The number of amides is 2. The molecule has 2 heterocycles. The second-order valence-electron chi connectivity index (χ2n) is 7.91. The second-order valence-corrected chi connectivity index (χ2v) is 7.91. The minimum Gasteiger partial charge on any atom is -0.362 e. The van der Waals surface area contributed by atoms with E-state index in [1.54, 1.807) is 6.20 Å². The number of H-pyrrole nitrogens is 1. The van der Waals surface area contributed by atoms with Crippen molar-refractivity contribution in [2.75, 3.05) is 16.8 Å². The largest absolute Gasteiger partial charge is 0.362 e. The Morgan fingerprint density at radius 3 is 2.77 bits per heavy atom. The van der Waals surface area contributed by atoms with Crippen molar-refractivity contribution in [3.05, 3.63) is 90.1 Å². The number of hydrogen-bond donors (Lipinski definition) is 3. The average molecular weight is 412 g/mol. The van der Waals surface area contributed by atoms with Gasteiger partial charge in [0.15, 0.2) is 0 Å². The van der Waals surface area contributed by atoms with Crippen LogP contribution in [0.3, 0.4) is 0 Å². The molecule has 0 unspecified atom stereocenters. The van der Waals surface area contributed by atoms with E-state index in [0.717, 1.165) is 36.0 Å². The van der Waals surface area contributed by atoms with E-state index >= 15 is 0 Å². The first-order chi connectivity index (χ1) is 15.3. The van der Waals surface area contributed by atoms with Gasteiger partial charge in [0.2, 0.25) is 0 Å². The molecule has 6 nitrogen and oxygen atoms in total. The van der Waals surface area contributed by atoms with E-state index in [1.807, 2.05) is 24.3 Å². The Bertz CT molecular complexity index is 1190. The van der Waals surface area contributed by atoms with Crippen LogP contribution >= 0.6 is 0 Å². The van der Waals surface area contributed by atoms with E-state index in [9.17, 15) is 4.79 Å². The predicted octanol–water partition coefficient (Wildman–Crippen LogP) is 4.71. The maximum Gasteiger partial charge on any atom is 0.319 e. The van der Waals surface area contributed by atoms with E-state index in [-0.39, 0.29) is 12.1 Å². The molecule has 4 aromatic rings. The van der Waals surface area contributed by atoms with Gasteiger partial charge in [-0.05, 0) is 42.2 Å². The summed E-state index contributed by atoms with van der Waals surface area (Å²) < 4.78 is 0. The quantitative estimate of drug-likeness (QED) is 0.445. The molecule has 6 heteroatoms. The molecule has 1 aliphatic rings. The highest BCUT2D eigenvalue weighted by atomic mass is 16.2. The third kappa shape index (κ3) is 4.10. The fourth-order valence-electron chi connectivity index (χ4n) is 4.34. The maximum absolute atomic E-state index is 12.7. The van der Waals surface area contributed by atoms with E-state index in [2.05, 4.69) is 74.3 Å². The Labute approximate surface area is 181 Å².